The van der Waals surface area contributed by atoms with Gasteiger partial charge in [0.1, 0.15) is 0 Å². The lowest BCUT2D eigenvalue weighted by molar-refractivity contribution is -0.136. The Morgan fingerprint density at radius 2 is 2.21 bits per heavy atom. The lowest BCUT2D eigenvalue weighted by Crippen LogP contribution is -2.26. The van der Waals surface area contributed by atoms with Gasteiger partial charge in [0.25, 0.3) is 0 Å². The van der Waals surface area contributed by atoms with Crippen LogP contribution in [0.2, 0.25) is 0 Å². The Hall–Kier alpha value is -2.44. The number of aromatic nitrogens is 4. The molecule has 0 aromatic carbocycles. The van der Waals surface area contributed by atoms with E-state index in [9.17, 15) is 9.59 Å². The van der Waals surface area contributed by atoms with Crippen molar-refractivity contribution in [1.29, 1.82) is 0 Å². The molecule has 0 fully saturated rings. The topological polar surface area (TPSA) is 101 Å². The molecule has 7 nitrogen and oxygen atoms in total. The number of rotatable bonds is 4. The van der Waals surface area contributed by atoms with Crippen LogP contribution >= 0.6 is 0 Å². The van der Waals surface area contributed by atoms with Crippen molar-refractivity contribution < 1.29 is 9.90 Å². The minimum absolute atomic E-state index is 0.00690. The van der Waals surface area contributed by atoms with E-state index in [2.05, 4.69) is 15.2 Å². The van der Waals surface area contributed by atoms with E-state index in [1.807, 2.05) is 0 Å². The number of aryl methyl sites for hydroxylation is 1. The van der Waals surface area contributed by atoms with Crippen LogP contribution in [0.15, 0.2) is 17.2 Å². The maximum Gasteiger partial charge on any atom is 0.352 e. The first-order chi connectivity index (χ1) is 9.00. The first-order valence-electron chi connectivity index (χ1n) is 5.80. The summed E-state index contributed by atoms with van der Waals surface area (Å²) in [7, 11) is 0. The minimum Gasteiger partial charge on any atom is -0.481 e. The van der Waals surface area contributed by atoms with Gasteiger partial charge in [0.05, 0.1) is 11.9 Å². The van der Waals surface area contributed by atoms with E-state index in [-0.39, 0.29) is 6.42 Å². The van der Waals surface area contributed by atoms with E-state index in [1.54, 1.807) is 20.0 Å². The van der Waals surface area contributed by atoms with Gasteiger partial charge in [-0.05, 0) is 25.8 Å². The molecule has 2 aromatic heterocycles. The van der Waals surface area contributed by atoms with Crippen molar-refractivity contribution in [3.05, 3.63) is 39.8 Å². The van der Waals surface area contributed by atoms with E-state index >= 15 is 0 Å². The summed E-state index contributed by atoms with van der Waals surface area (Å²) in [6.07, 6.45) is 3.46. The third-order valence-electron chi connectivity index (χ3n) is 2.99. The molecule has 0 radical (unpaired) electrons. The molecule has 0 bridgehead atoms. The van der Waals surface area contributed by atoms with Gasteiger partial charge in [-0.2, -0.15) is 10.1 Å². The quantitative estimate of drug-likeness (QED) is 0.839. The fourth-order valence-corrected chi connectivity index (χ4v) is 2.07. The van der Waals surface area contributed by atoms with E-state index in [0.717, 1.165) is 5.56 Å². The van der Waals surface area contributed by atoms with Gasteiger partial charge in [-0.15, -0.1) is 0 Å². The average molecular weight is 262 g/mol. The summed E-state index contributed by atoms with van der Waals surface area (Å²) < 4.78 is 1.42. The van der Waals surface area contributed by atoms with Crippen LogP contribution in [0.25, 0.3) is 5.69 Å². The Morgan fingerprint density at radius 3 is 2.79 bits per heavy atom. The normalized spacial score (nSPS) is 10.6. The molecule has 0 saturated carbocycles. The molecule has 2 N–H and O–H groups in total. The molecule has 0 atom stereocenters. The summed E-state index contributed by atoms with van der Waals surface area (Å²) >= 11 is 0. The zero-order valence-corrected chi connectivity index (χ0v) is 10.7. The molecule has 0 aliphatic rings. The maximum atomic E-state index is 11.9. The zero-order chi connectivity index (χ0) is 14.0. The molecule has 0 aliphatic carbocycles. The summed E-state index contributed by atoms with van der Waals surface area (Å²) in [6.45, 7) is 3.49. The van der Waals surface area contributed by atoms with Crippen LogP contribution in [0.1, 0.15) is 23.4 Å². The van der Waals surface area contributed by atoms with Crippen LogP contribution in [0, 0.1) is 13.8 Å². The van der Waals surface area contributed by atoms with Crippen LogP contribution in [0.5, 0.6) is 0 Å². The standard InChI is InChI=1S/C12H14N4O3/c1-7-10(3-4-11(17)18)8(2)16(12(19)15-7)9-5-13-14-6-9/h5-6H,3-4H2,1-2H3,(H,13,14)(H,17,18). The van der Waals surface area contributed by atoms with Crippen LogP contribution in [0.3, 0.4) is 0 Å². The number of nitrogens with one attached hydrogen (secondary N) is 1. The maximum absolute atomic E-state index is 11.9. The van der Waals surface area contributed by atoms with Gasteiger partial charge in [0.2, 0.25) is 0 Å². The van der Waals surface area contributed by atoms with E-state index < -0.39 is 11.7 Å². The number of carboxylic acid groups (broad SMARTS) is 1. The highest BCUT2D eigenvalue weighted by atomic mass is 16.4. The van der Waals surface area contributed by atoms with Gasteiger partial charge in [-0.1, -0.05) is 0 Å². The Kier molecular flexibility index (Phi) is 3.46. The summed E-state index contributed by atoms with van der Waals surface area (Å²) in [5.74, 6) is -0.875. The Bertz CT molecular complexity index is 658. The number of aliphatic carboxylic acids is 1. The monoisotopic (exact) mass is 262 g/mol. The van der Waals surface area contributed by atoms with Crippen LogP contribution in [-0.2, 0) is 11.2 Å². The van der Waals surface area contributed by atoms with Gasteiger partial charge in [0, 0.05) is 24.0 Å². The van der Waals surface area contributed by atoms with Crippen molar-refractivity contribution >= 4 is 5.97 Å². The molecule has 2 rings (SSSR count). The summed E-state index contributed by atoms with van der Waals surface area (Å²) in [4.78, 5) is 26.6. The van der Waals surface area contributed by atoms with Gasteiger partial charge in [0.15, 0.2) is 0 Å². The minimum atomic E-state index is -0.875. The lowest BCUT2D eigenvalue weighted by atomic mass is 10.1. The molecular weight excluding hydrogens is 248 g/mol. The van der Waals surface area contributed by atoms with Crippen molar-refractivity contribution in [3.8, 4) is 5.69 Å². The summed E-state index contributed by atoms with van der Waals surface area (Å²) in [6, 6.07) is 0. The first-order valence-corrected chi connectivity index (χ1v) is 5.80. The molecule has 0 spiro atoms. The number of aromatic amines is 1. The molecule has 0 saturated heterocycles. The molecule has 100 valence electrons. The predicted octanol–water partition coefficient (Wildman–Crippen LogP) is 0.590. The highest BCUT2D eigenvalue weighted by Gasteiger charge is 2.14. The van der Waals surface area contributed by atoms with Gasteiger partial charge >= 0.3 is 11.7 Å². The second kappa shape index (κ2) is 5.05. The van der Waals surface area contributed by atoms with Crippen LogP contribution in [0.4, 0.5) is 0 Å². The number of hydrogen-bond donors (Lipinski definition) is 2. The third-order valence-corrected chi connectivity index (χ3v) is 2.99. The molecule has 2 heterocycles. The number of hydrogen-bond acceptors (Lipinski definition) is 4. The molecule has 19 heavy (non-hydrogen) atoms. The Balaban J connectivity index is 2.54. The second-order valence-electron chi connectivity index (χ2n) is 4.23. The fourth-order valence-electron chi connectivity index (χ4n) is 2.07. The molecule has 0 amide bonds. The molecule has 2 aromatic rings. The lowest BCUT2D eigenvalue weighted by Gasteiger charge is -2.13. The van der Waals surface area contributed by atoms with Crippen molar-refractivity contribution in [3.63, 3.8) is 0 Å². The van der Waals surface area contributed by atoms with Crippen molar-refractivity contribution in [2.24, 2.45) is 0 Å². The first kappa shape index (κ1) is 13.0. The second-order valence-corrected chi connectivity index (χ2v) is 4.23. The Labute approximate surface area is 108 Å². The van der Waals surface area contributed by atoms with Gasteiger partial charge < -0.3 is 5.11 Å². The highest BCUT2D eigenvalue weighted by Crippen LogP contribution is 2.15. The van der Waals surface area contributed by atoms with Crippen LogP contribution in [-0.4, -0.2) is 30.8 Å². The number of carboxylic acids is 1. The SMILES string of the molecule is Cc1nc(=O)n(-c2cn[nH]c2)c(C)c1CCC(=O)O. The fraction of sp³-hybridized carbons (Fsp3) is 0.333. The predicted molar refractivity (Wildman–Crippen MR) is 67.4 cm³/mol. The largest absolute Gasteiger partial charge is 0.481 e. The number of nitrogens with zero attached hydrogens (tertiary/aromatic N) is 3. The summed E-state index contributed by atoms with van der Waals surface area (Å²) in [5.41, 5.74) is 2.24. The summed E-state index contributed by atoms with van der Waals surface area (Å²) in [5, 5.41) is 15.2. The third kappa shape index (κ3) is 2.54. The van der Waals surface area contributed by atoms with E-state index in [1.165, 1.54) is 10.8 Å². The van der Waals surface area contributed by atoms with Crippen molar-refractivity contribution in [2.45, 2.75) is 26.7 Å². The molecule has 7 heteroatoms. The van der Waals surface area contributed by atoms with Gasteiger partial charge in [-0.3, -0.25) is 14.5 Å². The number of H-pyrrole nitrogens is 1. The smallest absolute Gasteiger partial charge is 0.352 e. The molecule has 0 unspecified atom stereocenters. The molecular formula is C12H14N4O3. The zero-order valence-electron chi connectivity index (χ0n) is 10.7. The Morgan fingerprint density at radius 1 is 1.47 bits per heavy atom. The number of carbonyl (C=O) groups is 1. The van der Waals surface area contributed by atoms with Crippen molar-refractivity contribution in [1.82, 2.24) is 19.7 Å². The van der Waals surface area contributed by atoms with Crippen LogP contribution < -0.4 is 5.69 Å². The van der Waals surface area contributed by atoms with Gasteiger partial charge in [-0.25, -0.2) is 4.79 Å². The molecule has 0 aliphatic heterocycles. The van der Waals surface area contributed by atoms with E-state index in [4.69, 9.17) is 5.11 Å². The average Bonchev–Trinajstić information content (AvgIpc) is 2.81. The highest BCUT2D eigenvalue weighted by molar-refractivity contribution is 5.67. The van der Waals surface area contributed by atoms with E-state index in [0.29, 0.717) is 23.5 Å². The van der Waals surface area contributed by atoms with Crippen molar-refractivity contribution in [2.75, 3.05) is 0 Å².